The van der Waals surface area contributed by atoms with Gasteiger partial charge in [-0.05, 0) is 30.5 Å². The van der Waals surface area contributed by atoms with Gasteiger partial charge in [0.05, 0.1) is 11.7 Å². The fourth-order valence-electron chi connectivity index (χ4n) is 1.44. The predicted molar refractivity (Wildman–Crippen MR) is 57.3 cm³/mol. The molecule has 0 aliphatic carbocycles. The summed E-state index contributed by atoms with van der Waals surface area (Å²) in [5.41, 5.74) is 2.56. The molecule has 0 radical (unpaired) electrons. The predicted octanol–water partition coefficient (Wildman–Crippen LogP) is 2.66. The van der Waals surface area contributed by atoms with E-state index >= 15 is 0 Å². The molecule has 2 nitrogen and oxygen atoms in total. The molecule has 2 aromatic heterocycles. The summed E-state index contributed by atoms with van der Waals surface area (Å²) in [7, 11) is 0. The highest BCUT2D eigenvalue weighted by atomic mass is 79.9. The number of aromatic nitrogens is 2. The van der Waals surface area contributed by atoms with Gasteiger partial charge in [0.25, 0.3) is 0 Å². The lowest BCUT2D eigenvalue weighted by atomic mass is 10.2. The number of hydrogen-bond acceptors (Lipinski definition) is 1. The van der Waals surface area contributed by atoms with Gasteiger partial charge in [0, 0.05) is 11.5 Å². The van der Waals surface area contributed by atoms with E-state index in [4.69, 9.17) is 0 Å². The van der Waals surface area contributed by atoms with Gasteiger partial charge in [0.1, 0.15) is 0 Å². The lowest BCUT2D eigenvalue weighted by molar-refractivity contribution is 0.947. The van der Waals surface area contributed by atoms with Crippen LogP contribution in [-0.4, -0.2) is 14.9 Å². The minimum atomic E-state index is 1.05. The van der Waals surface area contributed by atoms with Crippen molar-refractivity contribution in [2.24, 2.45) is 0 Å². The van der Waals surface area contributed by atoms with E-state index in [1.54, 1.807) is 0 Å². The summed E-state index contributed by atoms with van der Waals surface area (Å²) < 4.78 is 1.92. The number of fused-ring (bicyclic) bond motifs is 1. The molecule has 2 rings (SSSR count). The standard InChI is InChI=1S/C10H11BrN2/c11-6-3-4-9-8-12-13-7-2-1-5-10(9)13/h1-2,5,7-8H,3-4,6H2. The molecule has 3 heteroatoms. The molecule has 2 heterocycles. The quantitative estimate of drug-likeness (QED) is 0.752. The highest BCUT2D eigenvalue weighted by molar-refractivity contribution is 9.09. The van der Waals surface area contributed by atoms with Gasteiger partial charge in [-0.3, -0.25) is 0 Å². The number of aryl methyl sites for hydroxylation is 1. The Labute approximate surface area is 85.7 Å². The zero-order valence-electron chi connectivity index (χ0n) is 7.28. The van der Waals surface area contributed by atoms with Crippen LogP contribution in [0.2, 0.25) is 0 Å². The average Bonchev–Trinajstić information content (AvgIpc) is 2.58. The van der Waals surface area contributed by atoms with E-state index in [1.807, 2.05) is 23.0 Å². The molecule has 0 atom stereocenters. The van der Waals surface area contributed by atoms with Gasteiger partial charge in [-0.25, -0.2) is 4.52 Å². The molecule has 0 fully saturated rings. The minimum Gasteiger partial charge on any atom is -0.241 e. The average molecular weight is 239 g/mol. The highest BCUT2D eigenvalue weighted by Crippen LogP contribution is 2.12. The molecular formula is C10H11BrN2. The number of hydrogen-bond donors (Lipinski definition) is 0. The van der Waals surface area contributed by atoms with Crippen molar-refractivity contribution in [1.29, 1.82) is 0 Å². The van der Waals surface area contributed by atoms with Crippen molar-refractivity contribution >= 4 is 21.4 Å². The van der Waals surface area contributed by atoms with Crippen molar-refractivity contribution < 1.29 is 0 Å². The zero-order valence-corrected chi connectivity index (χ0v) is 8.87. The van der Waals surface area contributed by atoms with Crippen molar-refractivity contribution in [3.63, 3.8) is 0 Å². The van der Waals surface area contributed by atoms with Gasteiger partial charge in [0.15, 0.2) is 0 Å². The second-order valence-electron chi connectivity index (χ2n) is 2.99. The van der Waals surface area contributed by atoms with E-state index in [9.17, 15) is 0 Å². The fourth-order valence-corrected chi connectivity index (χ4v) is 1.72. The number of pyridine rings is 1. The zero-order chi connectivity index (χ0) is 9.10. The molecule has 2 aromatic rings. The van der Waals surface area contributed by atoms with Gasteiger partial charge >= 0.3 is 0 Å². The lowest BCUT2D eigenvalue weighted by Gasteiger charge is -1.95. The Morgan fingerprint density at radius 2 is 2.31 bits per heavy atom. The monoisotopic (exact) mass is 238 g/mol. The third kappa shape index (κ3) is 1.75. The molecule has 0 bridgehead atoms. The molecule has 0 amide bonds. The second-order valence-corrected chi connectivity index (χ2v) is 3.79. The molecule has 0 spiro atoms. The Kier molecular flexibility index (Phi) is 2.64. The van der Waals surface area contributed by atoms with E-state index in [-0.39, 0.29) is 0 Å². The largest absolute Gasteiger partial charge is 0.241 e. The molecule has 0 aromatic carbocycles. The van der Waals surface area contributed by atoms with Gasteiger partial charge < -0.3 is 0 Å². The van der Waals surface area contributed by atoms with Crippen molar-refractivity contribution in [2.75, 3.05) is 5.33 Å². The van der Waals surface area contributed by atoms with E-state index in [2.05, 4.69) is 33.2 Å². The highest BCUT2D eigenvalue weighted by Gasteiger charge is 2.01. The first-order valence-corrected chi connectivity index (χ1v) is 5.51. The molecule has 0 aliphatic rings. The van der Waals surface area contributed by atoms with Crippen LogP contribution >= 0.6 is 15.9 Å². The van der Waals surface area contributed by atoms with Crippen LogP contribution in [0.25, 0.3) is 5.52 Å². The van der Waals surface area contributed by atoms with Crippen LogP contribution in [0.5, 0.6) is 0 Å². The number of halogens is 1. The van der Waals surface area contributed by atoms with Crippen LogP contribution in [0, 0.1) is 0 Å². The van der Waals surface area contributed by atoms with E-state index < -0.39 is 0 Å². The van der Waals surface area contributed by atoms with E-state index in [0.717, 1.165) is 18.2 Å². The van der Waals surface area contributed by atoms with E-state index in [0.29, 0.717) is 0 Å². The molecule has 13 heavy (non-hydrogen) atoms. The summed E-state index contributed by atoms with van der Waals surface area (Å²) in [6.07, 6.45) is 6.19. The summed E-state index contributed by atoms with van der Waals surface area (Å²) in [6, 6.07) is 6.15. The Hall–Kier alpha value is -0.830. The summed E-state index contributed by atoms with van der Waals surface area (Å²) in [4.78, 5) is 0. The van der Waals surface area contributed by atoms with Crippen LogP contribution in [-0.2, 0) is 6.42 Å². The first-order valence-electron chi connectivity index (χ1n) is 4.39. The third-order valence-electron chi connectivity index (χ3n) is 2.09. The first kappa shape index (κ1) is 8.75. The molecular weight excluding hydrogens is 228 g/mol. The summed E-state index contributed by atoms with van der Waals surface area (Å²) >= 11 is 3.43. The molecule has 68 valence electrons. The van der Waals surface area contributed by atoms with Gasteiger partial charge in [-0.1, -0.05) is 22.0 Å². The first-order chi connectivity index (χ1) is 6.42. The number of nitrogens with zero attached hydrogens (tertiary/aromatic N) is 2. The topological polar surface area (TPSA) is 17.3 Å². The molecule has 0 aliphatic heterocycles. The Morgan fingerprint density at radius 3 is 3.15 bits per heavy atom. The van der Waals surface area contributed by atoms with Crippen LogP contribution < -0.4 is 0 Å². The van der Waals surface area contributed by atoms with Crippen molar-refractivity contribution in [3.8, 4) is 0 Å². The minimum absolute atomic E-state index is 1.05. The molecule has 0 N–H and O–H groups in total. The lowest BCUT2D eigenvalue weighted by Crippen LogP contribution is -1.86. The van der Waals surface area contributed by atoms with Gasteiger partial charge in [0.2, 0.25) is 0 Å². The normalized spacial score (nSPS) is 10.8. The smallest absolute Gasteiger partial charge is 0.0693 e. The van der Waals surface area contributed by atoms with Gasteiger partial charge in [-0.2, -0.15) is 5.10 Å². The van der Waals surface area contributed by atoms with Crippen LogP contribution in [0.3, 0.4) is 0 Å². The Balaban J connectivity index is 2.35. The second kappa shape index (κ2) is 3.92. The van der Waals surface area contributed by atoms with Crippen molar-refractivity contribution in [2.45, 2.75) is 12.8 Å². The van der Waals surface area contributed by atoms with Crippen molar-refractivity contribution in [1.82, 2.24) is 9.61 Å². The summed E-state index contributed by atoms with van der Waals surface area (Å²) in [6.45, 7) is 0. The third-order valence-corrected chi connectivity index (χ3v) is 2.65. The molecule has 0 saturated carbocycles. The Morgan fingerprint density at radius 1 is 1.38 bits per heavy atom. The number of rotatable bonds is 3. The van der Waals surface area contributed by atoms with Crippen LogP contribution in [0.1, 0.15) is 12.0 Å². The summed E-state index contributed by atoms with van der Waals surface area (Å²) in [5, 5.41) is 5.33. The maximum atomic E-state index is 4.27. The Bertz CT molecular complexity index is 394. The summed E-state index contributed by atoms with van der Waals surface area (Å²) in [5.74, 6) is 0. The van der Waals surface area contributed by atoms with Crippen molar-refractivity contribution in [3.05, 3.63) is 36.2 Å². The molecule has 0 unspecified atom stereocenters. The van der Waals surface area contributed by atoms with Crippen LogP contribution in [0.4, 0.5) is 0 Å². The maximum Gasteiger partial charge on any atom is 0.0693 e. The van der Waals surface area contributed by atoms with E-state index in [1.165, 1.54) is 11.1 Å². The van der Waals surface area contributed by atoms with Gasteiger partial charge in [-0.15, -0.1) is 0 Å². The maximum absolute atomic E-state index is 4.27. The molecule has 0 saturated heterocycles. The SMILES string of the molecule is BrCCCc1cnn2ccccc12. The van der Waals surface area contributed by atoms with Crippen LogP contribution in [0.15, 0.2) is 30.6 Å². The number of alkyl halides is 1. The fraction of sp³-hybridized carbons (Fsp3) is 0.300.